The molecule has 1 unspecified atom stereocenters. The third-order valence-corrected chi connectivity index (χ3v) is 6.24. The van der Waals surface area contributed by atoms with Gasteiger partial charge in [0.1, 0.15) is 11.4 Å². The number of hydrogen-bond donors (Lipinski definition) is 1. The summed E-state index contributed by atoms with van der Waals surface area (Å²) in [7, 11) is 0. The van der Waals surface area contributed by atoms with Crippen LogP contribution in [0.1, 0.15) is 23.7 Å². The molecule has 1 atom stereocenters. The lowest BCUT2D eigenvalue weighted by molar-refractivity contribution is -0.122. The largest absolute Gasteiger partial charge is 0.481 e. The van der Waals surface area contributed by atoms with Crippen molar-refractivity contribution < 1.29 is 9.53 Å². The number of para-hydroxylation sites is 1. The number of anilines is 1. The zero-order valence-corrected chi connectivity index (χ0v) is 19.6. The van der Waals surface area contributed by atoms with Gasteiger partial charge in [-0.25, -0.2) is 4.98 Å². The minimum Gasteiger partial charge on any atom is -0.481 e. The Morgan fingerprint density at radius 2 is 1.91 bits per heavy atom. The minimum absolute atomic E-state index is 0.108. The number of pyridine rings is 1. The molecule has 2 aromatic heterocycles. The molecule has 6 nitrogen and oxygen atoms in total. The summed E-state index contributed by atoms with van der Waals surface area (Å²) in [5.41, 5.74) is 3.94. The zero-order chi connectivity index (χ0) is 23.4. The van der Waals surface area contributed by atoms with Crippen LogP contribution in [0.5, 0.6) is 5.75 Å². The number of hydrogen-bond acceptors (Lipinski definition) is 5. The highest BCUT2D eigenvalue weighted by Crippen LogP contribution is 2.29. The van der Waals surface area contributed by atoms with E-state index < -0.39 is 6.10 Å². The van der Waals surface area contributed by atoms with Gasteiger partial charge in [-0.2, -0.15) is 0 Å². The molecule has 168 valence electrons. The zero-order valence-electron chi connectivity index (χ0n) is 18.7. The van der Waals surface area contributed by atoms with Gasteiger partial charge in [0.2, 0.25) is 0 Å². The van der Waals surface area contributed by atoms with Crippen LogP contribution in [-0.4, -0.2) is 21.4 Å². The highest BCUT2D eigenvalue weighted by molar-refractivity contribution is 7.98. The maximum Gasteiger partial charge on any atom is 0.265 e. The molecule has 4 rings (SSSR count). The van der Waals surface area contributed by atoms with Crippen molar-refractivity contribution in [2.75, 3.05) is 5.32 Å². The predicted molar refractivity (Wildman–Crippen MR) is 132 cm³/mol. The van der Waals surface area contributed by atoms with Gasteiger partial charge in [0.25, 0.3) is 11.5 Å². The third-order valence-electron chi connectivity index (χ3n) is 5.13. The monoisotopic (exact) mass is 459 g/mol. The number of fused-ring (bicyclic) bond motifs is 1. The molecule has 2 heterocycles. The lowest BCUT2D eigenvalue weighted by Gasteiger charge is -2.16. The van der Waals surface area contributed by atoms with Gasteiger partial charge in [-0.3, -0.25) is 14.0 Å². The number of carbonyl (C=O) groups excluding carboxylic acids is 1. The summed E-state index contributed by atoms with van der Waals surface area (Å²) in [4.78, 5) is 30.8. The van der Waals surface area contributed by atoms with Gasteiger partial charge in [0.15, 0.2) is 6.10 Å². The molecule has 0 bridgehead atoms. The van der Waals surface area contributed by atoms with Gasteiger partial charge in [-0.15, -0.1) is 11.8 Å². The van der Waals surface area contributed by atoms with Crippen LogP contribution in [0.25, 0.3) is 5.65 Å². The second-order valence-corrected chi connectivity index (χ2v) is 8.84. The summed E-state index contributed by atoms with van der Waals surface area (Å²) in [5, 5.41) is 2.96. The van der Waals surface area contributed by atoms with Gasteiger partial charge < -0.3 is 10.1 Å². The Bertz CT molecular complexity index is 1370. The Morgan fingerprint density at radius 1 is 1.09 bits per heavy atom. The van der Waals surface area contributed by atoms with Gasteiger partial charge >= 0.3 is 0 Å². The summed E-state index contributed by atoms with van der Waals surface area (Å²) < 4.78 is 7.35. The first-order valence-corrected chi connectivity index (χ1v) is 11.6. The molecule has 4 aromatic rings. The van der Waals surface area contributed by atoms with Crippen LogP contribution in [0, 0.1) is 13.8 Å². The van der Waals surface area contributed by atoms with Crippen molar-refractivity contribution in [2.45, 2.75) is 37.5 Å². The topological polar surface area (TPSA) is 72.7 Å². The fourth-order valence-electron chi connectivity index (χ4n) is 3.41. The molecule has 1 amide bonds. The predicted octanol–water partition coefficient (Wildman–Crippen LogP) is 5.01. The van der Waals surface area contributed by atoms with Crippen molar-refractivity contribution >= 4 is 29.0 Å². The van der Waals surface area contributed by atoms with E-state index in [1.807, 2.05) is 74.5 Å². The molecule has 1 N–H and O–H groups in total. The van der Waals surface area contributed by atoms with Crippen molar-refractivity contribution in [1.29, 1.82) is 0 Å². The summed E-state index contributed by atoms with van der Waals surface area (Å²) in [6.45, 7) is 5.64. The summed E-state index contributed by atoms with van der Waals surface area (Å²) in [6, 6.07) is 20.5. The molecule has 0 saturated heterocycles. The van der Waals surface area contributed by atoms with E-state index in [0.717, 1.165) is 16.0 Å². The SMILES string of the molecule is Cc1cccc(OC(C)C(=O)Nc2ccccc2SCc2cc(=O)n3cccc(C)c3n2)c1. The molecule has 0 aliphatic heterocycles. The van der Waals surface area contributed by atoms with E-state index in [1.54, 1.807) is 23.6 Å². The first-order chi connectivity index (χ1) is 15.9. The molecule has 33 heavy (non-hydrogen) atoms. The van der Waals surface area contributed by atoms with Crippen LogP contribution in [0.2, 0.25) is 0 Å². The first kappa shape index (κ1) is 22.6. The van der Waals surface area contributed by atoms with E-state index in [1.165, 1.54) is 11.8 Å². The number of thioether (sulfide) groups is 1. The van der Waals surface area contributed by atoms with Gasteiger partial charge in [0, 0.05) is 22.9 Å². The van der Waals surface area contributed by atoms with E-state index >= 15 is 0 Å². The molecule has 7 heteroatoms. The fraction of sp³-hybridized carbons (Fsp3) is 0.192. The number of aromatic nitrogens is 2. The number of nitrogens with one attached hydrogen (secondary N) is 1. The maximum atomic E-state index is 12.8. The lowest BCUT2D eigenvalue weighted by atomic mass is 10.2. The van der Waals surface area contributed by atoms with Crippen molar-refractivity contribution in [3.63, 3.8) is 0 Å². The Hall–Kier alpha value is -3.58. The summed E-state index contributed by atoms with van der Waals surface area (Å²) >= 11 is 1.52. The van der Waals surface area contributed by atoms with Crippen LogP contribution in [0.3, 0.4) is 0 Å². The molecule has 0 spiro atoms. The van der Waals surface area contributed by atoms with Crippen LogP contribution < -0.4 is 15.6 Å². The molecular formula is C26H25N3O3S. The smallest absolute Gasteiger partial charge is 0.265 e. The Labute approximate surface area is 196 Å². The number of benzene rings is 2. The Morgan fingerprint density at radius 3 is 2.73 bits per heavy atom. The van der Waals surface area contributed by atoms with E-state index in [9.17, 15) is 9.59 Å². The van der Waals surface area contributed by atoms with Gasteiger partial charge in [-0.1, -0.05) is 30.3 Å². The van der Waals surface area contributed by atoms with E-state index in [0.29, 0.717) is 28.5 Å². The molecular weight excluding hydrogens is 434 g/mol. The highest BCUT2D eigenvalue weighted by Gasteiger charge is 2.17. The average molecular weight is 460 g/mol. The molecule has 0 fully saturated rings. The van der Waals surface area contributed by atoms with Crippen molar-refractivity contribution in [3.05, 3.63) is 100 Å². The average Bonchev–Trinajstić information content (AvgIpc) is 2.79. The molecule has 2 aromatic carbocycles. The Kier molecular flexibility index (Phi) is 6.79. The highest BCUT2D eigenvalue weighted by atomic mass is 32.2. The fourth-order valence-corrected chi connectivity index (χ4v) is 4.31. The Balaban J connectivity index is 1.46. The van der Waals surface area contributed by atoms with Crippen molar-refractivity contribution in [1.82, 2.24) is 9.38 Å². The minimum atomic E-state index is -0.657. The van der Waals surface area contributed by atoms with Crippen LogP contribution in [0.4, 0.5) is 5.69 Å². The van der Waals surface area contributed by atoms with Crippen LogP contribution >= 0.6 is 11.8 Å². The quantitative estimate of drug-likeness (QED) is 0.393. The number of rotatable bonds is 7. The van der Waals surface area contributed by atoms with Crippen LogP contribution in [0.15, 0.2) is 82.6 Å². The number of amides is 1. The lowest BCUT2D eigenvalue weighted by Crippen LogP contribution is -2.30. The number of ether oxygens (including phenoxy) is 1. The number of carbonyl (C=O) groups is 1. The van der Waals surface area contributed by atoms with Crippen molar-refractivity contribution in [2.24, 2.45) is 0 Å². The third kappa shape index (κ3) is 5.43. The van der Waals surface area contributed by atoms with Gasteiger partial charge in [-0.05, 0) is 62.2 Å². The first-order valence-electron chi connectivity index (χ1n) is 10.6. The molecule has 0 radical (unpaired) electrons. The second kappa shape index (κ2) is 9.92. The standard InChI is InChI=1S/C26H25N3O3S/c1-17-8-6-10-21(14-17)32-19(3)26(31)28-22-11-4-5-12-23(22)33-16-20-15-24(30)29-13-7-9-18(2)25(29)27-20/h4-15,19H,16H2,1-3H3,(H,28,31). The number of nitrogens with zero attached hydrogens (tertiary/aromatic N) is 2. The second-order valence-electron chi connectivity index (χ2n) is 7.82. The van der Waals surface area contributed by atoms with E-state index in [2.05, 4.69) is 10.3 Å². The van der Waals surface area contributed by atoms with Crippen LogP contribution in [-0.2, 0) is 10.5 Å². The van der Waals surface area contributed by atoms with E-state index in [-0.39, 0.29) is 11.5 Å². The van der Waals surface area contributed by atoms with Crippen molar-refractivity contribution in [3.8, 4) is 5.75 Å². The molecule has 0 aliphatic rings. The molecule has 0 saturated carbocycles. The number of aryl methyl sites for hydroxylation is 2. The van der Waals surface area contributed by atoms with Gasteiger partial charge in [0.05, 0.1) is 11.4 Å². The molecule has 0 aliphatic carbocycles. The summed E-state index contributed by atoms with van der Waals surface area (Å²) in [6.07, 6.45) is 1.06. The summed E-state index contributed by atoms with van der Waals surface area (Å²) in [5.74, 6) is 0.925. The normalized spacial score (nSPS) is 11.8. The van der Waals surface area contributed by atoms with E-state index in [4.69, 9.17) is 4.74 Å². The maximum absolute atomic E-state index is 12.8.